The zero-order chi connectivity index (χ0) is 14.1. The smallest absolute Gasteiger partial charge is 0.195 e. The first-order valence-corrected chi connectivity index (χ1v) is 6.88. The molecule has 0 bridgehead atoms. The molecule has 3 nitrogen and oxygen atoms in total. The van der Waals surface area contributed by atoms with Crippen LogP contribution in [0.3, 0.4) is 0 Å². The molecule has 1 saturated carbocycles. The first-order chi connectivity index (χ1) is 9.63. The van der Waals surface area contributed by atoms with Gasteiger partial charge in [-0.2, -0.15) is 0 Å². The van der Waals surface area contributed by atoms with E-state index in [0.29, 0.717) is 27.9 Å². The summed E-state index contributed by atoms with van der Waals surface area (Å²) in [6.07, 6.45) is 2.58. The van der Waals surface area contributed by atoms with E-state index in [1.165, 1.54) is 0 Å². The number of ether oxygens (including phenoxy) is 1. The molecule has 20 heavy (non-hydrogen) atoms. The van der Waals surface area contributed by atoms with Crippen molar-refractivity contribution in [3.8, 4) is 5.75 Å². The van der Waals surface area contributed by atoms with Crippen molar-refractivity contribution in [2.75, 3.05) is 5.73 Å². The number of rotatable bonds is 4. The van der Waals surface area contributed by atoms with Gasteiger partial charge in [0.25, 0.3) is 0 Å². The van der Waals surface area contributed by atoms with Gasteiger partial charge in [0, 0.05) is 21.8 Å². The van der Waals surface area contributed by atoms with Gasteiger partial charge in [-0.25, -0.2) is 0 Å². The molecular formula is C16H14ClNO2. The molecule has 0 aromatic heterocycles. The van der Waals surface area contributed by atoms with Crippen LogP contribution in [-0.2, 0) is 0 Å². The van der Waals surface area contributed by atoms with Gasteiger partial charge in [-0.3, -0.25) is 4.79 Å². The topological polar surface area (TPSA) is 52.3 Å². The molecular weight excluding hydrogens is 274 g/mol. The van der Waals surface area contributed by atoms with Crippen LogP contribution in [-0.4, -0.2) is 11.9 Å². The van der Waals surface area contributed by atoms with Gasteiger partial charge in [0.05, 0.1) is 6.10 Å². The van der Waals surface area contributed by atoms with Crippen molar-refractivity contribution in [3.05, 3.63) is 58.6 Å². The highest BCUT2D eigenvalue weighted by Crippen LogP contribution is 2.27. The fourth-order valence-electron chi connectivity index (χ4n) is 1.96. The summed E-state index contributed by atoms with van der Waals surface area (Å²) in [6, 6.07) is 12.0. The average molecular weight is 288 g/mol. The van der Waals surface area contributed by atoms with Gasteiger partial charge in [-0.1, -0.05) is 11.6 Å². The Morgan fingerprint density at radius 2 is 1.85 bits per heavy atom. The quantitative estimate of drug-likeness (QED) is 0.689. The van der Waals surface area contributed by atoms with Crippen molar-refractivity contribution in [1.29, 1.82) is 0 Å². The SMILES string of the molecule is Nc1cc(Cl)ccc1C(=O)c1ccc(OC2CC2)cc1. The lowest BCUT2D eigenvalue weighted by molar-refractivity contribution is 0.103. The van der Waals surface area contributed by atoms with Crippen LogP contribution in [0.5, 0.6) is 5.75 Å². The second kappa shape index (κ2) is 5.17. The molecule has 0 heterocycles. The van der Waals surface area contributed by atoms with Gasteiger partial charge in [0.2, 0.25) is 0 Å². The van der Waals surface area contributed by atoms with Crippen LogP contribution in [0.25, 0.3) is 0 Å². The van der Waals surface area contributed by atoms with E-state index >= 15 is 0 Å². The molecule has 1 aliphatic carbocycles. The molecule has 0 saturated heterocycles. The Kier molecular flexibility index (Phi) is 3.36. The van der Waals surface area contributed by atoms with E-state index < -0.39 is 0 Å². The molecule has 0 unspecified atom stereocenters. The Balaban J connectivity index is 1.82. The molecule has 3 rings (SSSR count). The maximum Gasteiger partial charge on any atom is 0.195 e. The van der Waals surface area contributed by atoms with Crippen LogP contribution in [0.4, 0.5) is 5.69 Å². The number of nitrogens with two attached hydrogens (primary N) is 1. The Labute approximate surface area is 122 Å². The minimum Gasteiger partial charge on any atom is -0.490 e. The normalized spacial score (nSPS) is 14.1. The van der Waals surface area contributed by atoms with Gasteiger partial charge in [-0.05, 0) is 55.3 Å². The fourth-order valence-corrected chi connectivity index (χ4v) is 2.14. The average Bonchev–Trinajstić information content (AvgIpc) is 3.23. The summed E-state index contributed by atoms with van der Waals surface area (Å²) in [7, 11) is 0. The predicted molar refractivity (Wildman–Crippen MR) is 79.4 cm³/mol. The highest BCUT2D eigenvalue weighted by atomic mass is 35.5. The van der Waals surface area contributed by atoms with Gasteiger partial charge in [-0.15, -0.1) is 0 Å². The fraction of sp³-hybridized carbons (Fsp3) is 0.188. The molecule has 1 fully saturated rings. The number of halogens is 1. The highest BCUT2D eigenvalue weighted by Gasteiger charge is 2.23. The first-order valence-electron chi connectivity index (χ1n) is 6.50. The molecule has 2 N–H and O–H groups in total. The minimum absolute atomic E-state index is 0.114. The molecule has 0 atom stereocenters. The number of ketones is 1. The largest absolute Gasteiger partial charge is 0.490 e. The summed E-state index contributed by atoms with van der Waals surface area (Å²) >= 11 is 5.83. The van der Waals surface area contributed by atoms with E-state index in [2.05, 4.69) is 0 Å². The second-order valence-corrected chi connectivity index (χ2v) is 5.34. The van der Waals surface area contributed by atoms with Crippen molar-refractivity contribution >= 4 is 23.1 Å². The third kappa shape index (κ3) is 2.78. The summed E-state index contributed by atoms with van der Waals surface area (Å²) < 4.78 is 5.65. The van der Waals surface area contributed by atoms with Crippen LogP contribution in [0.15, 0.2) is 42.5 Å². The number of nitrogen functional groups attached to an aromatic ring is 1. The molecule has 0 spiro atoms. The molecule has 2 aromatic carbocycles. The summed E-state index contributed by atoms with van der Waals surface area (Å²) in [6.45, 7) is 0. The summed E-state index contributed by atoms with van der Waals surface area (Å²) in [5, 5.41) is 0.521. The Morgan fingerprint density at radius 3 is 2.45 bits per heavy atom. The molecule has 102 valence electrons. The van der Waals surface area contributed by atoms with Crippen LogP contribution < -0.4 is 10.5 Å². The molecule has 4 heteroatoms. The van der Waals surface area contributed by atoms with Crippen molar-refractivity contribution < 1.29 is 9.53 Å². The van der Waals surface area contributed by atoms with Crippen LogP contribution in [0, 0.1) is 0 Å². The third-order valence-electron chi connectivity index (χ3n) is 3.20. The zero-order valence-electron chi connectivity index (χ0n) is 10.8. The Hall–Kier alpha value is -2.00. The highest BCUT2D eigenvalue weighted by molar-refractivity contribution is 6.31. The monoisotopic (exact) mass is 287 g/mol. The molecule has 0 aliphatic heterocycles. The van der Waals surface area contributed by atoms with Crippen LogP contribution in [0.1, 0.15) is 28.8 Å². The van der Waals surface area contributed by atoms with E-state index in [9.17, 15) is 4.79 Å². The van der Waals surface area contributed by atoms with Crippen molar-refractivity contribution in [1.82, 2.24) is 0 Å². The number of hydrogen-bond acceptors (Lipinski definition) is 3. The third-order valence-corrected chi connectivity index (χ3v) is 3.44. The van der Waals surface area contributed by atoms with E-state index in [1.807, 2.05) is 12.1 Å². The summed E-state index contributed by atoms with van der Waals surface area (Å²) in [4.78, 5) is 12.4. The molecule has 1 aliphatic rings. The van der Waals surface area contributed by atoms with E-state index in [4.69, 9.17) is 22.1 Å². The number of anilines is 1. The lowest BCUT2D eigenvalue weighted by Gasteiger charge is -2.07. The maximum absolute atomic E-state index is 12.4. The number of benzene rings is 2. The van der Waals surface area contributed by atoms with Gasteiger partial charge >= 0.3 is 0 Å². The Bertz CT molecular complexity index is 648. The van der Waals surface area contributed by atoms with Gasteiger partial charge in [0.1, 0.15) is 5.75 Å². The second-order valence-electron chi connectivity index (χ2n) is 4.90. The van der Waals surface area contributed by atoms with Crippen molar-refractivity contribution in [2.45, 2.75) is 18.9 Å². The van der Waals surface area contributed by atoms with Crippen molar-refractivity contribution in [3.63, 3.8) is 0 Å². The van der Waals surface area contributed by atoms with Crippen LogP contribution >= 0.6 is 11.6 Å². The standard InChI is InChI=1S/C16H14ClNO2/c17-11-3-8-14(15(18)9-11)16(19)10-1-4-12(5-2-10)20-13-6-7-13/h1-5,8-9,13H,6-7,18H2. The number of carbonyl (C=O) groups excluding carboxylic acids is 1. The number of carbonyl (C=O) groups is 1. The van der Waals surface area contributed by atoms with Gasteiger partial charge in [0.15, 0.2) is 5.78 Å². The first kappa shape index (κ1) is 13.0. The Morgan fingerprint density at radius 1 is 1.15 bits per heavy atom. The van der Waals surface area contributed by atoms with E-state index in [0.717, 1.165) is 18.6 Å². The number of hydrogen-bond donors (Lipinski definition) is 1. The predicted octanol–water partition coefficient (Wildman–Crippen LogP) is 3.69. The maximum atomic E-state index is 12.4. The molecule has 2 aromatic rings. The minimum atomic E-state index is -0.114. The summed E-state index contributed by atoms with van der Waals surface area (Å²) in [5.41, 5.74) is 7.27. The van der Waals surface area contributed by atoms with E-state index in [-0.39, 0.29) is 5.78 Å². The van der Waals surface area contributed by atoms with Gasteiger partial charge < -0.3 is 10.5 Å². The lowest BCUT2D eigenvalue weighted by Crippen LogP contribution is -2.05. The molecule has 0 amide bonds. The zero-order valence-corrected chi connectivity index (χ0v) is 11.6. The summed E-state index contributed by atoms with van der Waals surface area (Å²) in [5.74, 6) is 0.685. The molecule has 0 radical (unpaired) electrons. The van der Waals surface area contributed by atoms with Crippen LogP contribution in [0.2, 0.25) is 5.02 Å². The van der Waals surface area contributed by atoms with E-state index in [1.54, 1.807) is 30.3 Å². The lowest BCUT2D eigenvalue weighted by atomic mass is 10.0. The van der Waals surface area contributed by atoms with Crippen molar-refractivity contribution in [2.24, 2.45) is 0 Å².